The fourth-order valence-corrected chi connectivity index (χ4v) is 1.45. The Morgan fingerprint density at radius 3 is 2.71 bits per heavy atom. The van der Waals surface area contributed by atoms with Gasteiger partial charge in [-0.05, 0) is 25.5 Å². The first-order valence-electron chi connectivity index (χ1n) is 4.45. The molecule has 1 aromatic rings. The van der Waals surface area contributed by atoms with Crippen molar-refractivity contribution >= 4 is 17.4 Å². The Balaban J connectivity index is 3.01. The number of carbonyl (C=O) groups excluding carboxylic acids is 1. The second-order valence-corrected chi connectivity index (χ2v) is 3.88. The summed E-state index contributed by atoms with van der Waals surface area (Å²) in [5.74, 6) is 0.0810. The summed E-state index contributed by atoms with van der Waals surface area (Å²) >= 11 is 5.92. The van der Waals surface area contributed by atoms with Crippen LogP contribution in [-0.4, -0.2) is 5.78 Å². The van der Waals surface area contributed by atoms with E-state index in [0.717, 1.165) is 11.1 Å². The molecule has 2 heteroatoms. The summed E-state index contributed by atoms with van der Waals surface area (Å²) in [5, 5.41) is 0.637. The van der Waals surface area contributed by atoms with Gasteiger partial charge in [0.05, 0.1) is 0 Å². The van der Waals surface area contributed by atoms with Crippen LogP contribution in [-0.2, 0) is 0 Å². The lowest BCUT2D eigenvalue weighted by Gasteiger charge is -2.05. The molecule has 14 heavy (non-hydrogen) atoms. The average molecular weight is 209 g/mol. The van der Waals surface area contributed by atoms with Crippen LogP contribution in [0.25, 0.3) is 0 Å². The van der Waals surface area contributed by atoms with Crippen molar-refractivity contribution in [1.82, 2.24) is 0 Å². The zero-order chi connectivity index (χ0) is 10.7. The summed E-state index contributed by atoms with van der Waals surface area (Å²) in [6, 6.07) is 5.38. The summed E-state index contributed by atoms with van der Waals surface area (Å²) in [6.45, 7) is 7.42. The molecule has 0 N–H and O–H groups in total. The lowest BCUT2D eigenvalue weighted by Crippen LogP contribution is -2.02. The molecule has 0 fully saturated rings. The highest BCUT2D eigenvalue weighted by atomic mass is 35.5. The fourth-order valence-electron chi connectivity index (χ4n) is 1.28. The third-order valence-corrected chi connectivity index (χ3v) is 2.44. The number of ketones is 1. The van der Waals surface area contributed by atoms with E-state index < -0.39 is 0 Å². The molecule has 0 aromatic heterocycles. The Bertz CT molecular complexity index is 380. The molecule has 1 rings (SSSR count). The van der Waals surface area contributed by atoms with Crippen LogP contribution in [0.2, 0.25) is 5.02 Å². The molecule has 0 radical (unpaired) electrons. The van der Waals surface area contributed by atoms with Crippen LogP contribution in [0.15, 0.2) is 30.4 Å². The first-order valence-corrected chi connectivity index (χ1v) is 4.83. The molecule has 0 amide bonds. The molecule has 0 atom stereocenters. The molecule has 0 bridgehead atoms. The minimum atomic E-state index is 0.0810. The Morgan fingerprint density at radius 1 is 1.50 bits per heavy atom. The van der Waals surface area contributed by atoms with Crippen molar-refractivity contribution in [2.24, 2.45) is 0 Å². The van der Waals surface area contributed by atoms with Gasteiger partial charge in [0, 0.05) is 17.0 Å². The van der Waals surface area contributed by atoms with Gasteiger partial charge in [-0.3, -0.25) is 4.79 Å². The SMILES string of the molecule is C=C(C)CC(=O)c1cccc(Cl)c1C. The van der Waals surface area contributed by atoms with E-state index in [4.69, 9.17) is 11.6 Å². The molecule has 0 spiro atoms. The maximum Gasteiger partial charge on any atom is 0.167 e. The smallest absolute Gasteiger partial charge is 0.167 e. The molecule has 74 valence electrons. The highest BCUT2D eigenvalue weighted by molar-refractivity contribution is 6.31. The van der Waals surface area contributed by atoms with E-state index >= 15 is 0 Å². The molecule has 0 heterocycles. The van der Waals surface area contributed by atoms with Gasteiger partial charge in [0.15, 0.2) is 5.78 Å². The Kier molecular flexibility index (Phi) is 3.48. The first kappa shape index (κ1) is 11.0. The van der Waals surface area contributed by atoms with Crippen molar-refractivity contribution in [2.75, 3.05) is 0 Å². The first-order chi connectivity index (χ1) is 6.52. The van der Waals surface area contributed by atoms with Crippen molar-refractivity contribution in [2.45, 2.75) is 20.3 Å². The molecule has 1 nitrogen and oxygen atoms in total. The van der Waals surface area contributed by atoms with E-state index in [2.05, 4.69) is 6.58 Å². The number of rotatable bonds is 3. The molecule has 0 aliphatic carbocycles. The molecular weight excluding hydrogens is 196 g/mol. The number of hydrogen-bond donors (Lipinski definition) is 0. The summed E-state index contributed by atoms with van der Waals surface area (Å²) in [4.78, 5) is 11.7. The van der Waals surface area contributed by atoms with Crippen LogP contribution < -0.4 is 0 Å². The van der Waals surface area contributed by atoms with Gasteiger partial charge in [0.2, 0.25) is 0 Å². The molecule has 0 saturated carbocycles. The van der Waals surface area contributed by atoms with Gasteiger partial charge in [-0.25, -0.2) is 0 Å². The quantitative estimate of drug-likeness (QED) is 0.546. The van der Waals surface area contributed by atoms with Crippen LogP contribution in [0, 0.1) is 6.92 Å². The molecule has 1 aromatic carbocycles. The lowest BCUT2D eigenvalue weighted by atomic mass is 10.0. The monoisotopic (exact) mass is 208 g/mol. The van der Waals surface area contributed by atoms with Crippen LogP contribution in [0.4, 0.5) is 0 Å². The maximum atomic E-state index is 11.7. The highest BCUT2D eigenvalue weighted by Crippen LogP contribution is 2.20. The molecular formula is C12H13ClO. The second kappa shape index (κ2) is 4.43. The summed E-state index contributed by atoms with van der Waals surface area (Å²) in [5.41, 5.74) is 2.41. The number of Topliss-reactive ketones (excluding diaryl/α,β-unsaturated/α-hetero) is 1. The largest absolute Gasteiger partial charge is 0.294 e. The third-order valence-electron chi connectivity index (χ3n) is 2.03. The lowest BCUT2D eigenvalue weighted by molar-refractivity contribution is 0.0992. The highest BCUT2D eigenvalue weighted by Gasteiger charge is 2.10. The topological polar surface area (TPSA) is 17.1 Å². The van der Waals surface area contributed by atoms with E-state index in [1.54, 1.807) is 18.2 Å². The molecule has 0 unspecified atom stereocenters. The Labute approximate surface area is 89.4 Å². The number of hydrogen-bond acceptors (Lipinski definition) is 1. The van der Waals surface area contributed by atoms with Gasteiger partial charge < -0.3 is 0 Å². The Morgan fingerprint density at radius 2 is 2.14 bits per heavy atom. The summed E-state index contributed by atoms with van der Waals surface area (Å²) < 4.78 is 0. The van der Waals surface area contributed by atoms with Crippen LogP contribution in [0.5, 0.6) is 0 Å². The van der Waals surface area contributed by atoms with Crippen molar-refractivity contribution in [3.63, 3.8) is 0 Å². The summed E-state index contributed by atoms with van der Waals surface area (Å²) in [7, 11) is 0. The van der Waals surface area contributed by atoms with E-state index in [0.29, 0.717) is 17.0 Å². The molecule has 0 aliphatic heterocycles. The van der Waals surface area contributed by atoms with Gasteiger partial charge in [-0.1, -0.05) is 35.9 Å². The van der Waals surface area contributed by atoms with Crippen LogP contribution in [0.3, 0.4) is 0 Å². The second-order valence-electron chi connectivity index (χ2n) is 3.47. The number of allylic oxidation sites excluding steroid dienone is 1. The van der Waals surface area contributed by atoms with Crippen LogP contribution in [0.1, 0.15) is 29.3 Å². The van der Waals surface area contributed by atoms with E-state index in [9.17, 15) is 4.79 Å². The summed E-state index contributed by atoms with van der Waals surface area (Å²) in [6.07, 6.45) is 0.390. The number of halogens is 1. The van der Waals surface area contributed by atoms with Crippen molar-refractivity contribution in [3.05, 3.63) is 46.5 Å². The predicted octanol–water partition coefficient (Wildman–Crippen LogP) is 3.80. The number of benzene rings is 1. The van der Waals surface area contributed by atoms with Gasteiger partial charge in [0.25, 0.3) is 0 Å². The van der Waals surface area contributed by atoms with Gasteiger partial charge in [-0.15, -0.1) is 0 Å². The van der Waals surface area contributed by atoms with E-state index in [1.165, 1.54) is 0 Å². The van der Waals surface area contributed by atoms with E-state index in [-0.39, 0.29) is 5.78 Å². The van der Waals surface area contributed by atoms with Gasteiger partial charge in [0.1, 0.15) is 0 Å². The standard InChI is InChI=1S/C12H13ClO/c1-8(2)7-12(14)10-5-4-6-11(13)9(10)3/h4-6H,1,7H2,2-3H3. The van der Waals surface area contributed by atoms with Crippen LogP contribution >= 0.6 is 11.6 Å². The Hall–Kier alpha value is -1.08. The zero-order valence-electron chi connectivity index (χ0n) is 8.43. The zero-order valence-corrected chi connectivity index (χ0v) is 9.19. The molecule has 0 aliphatic rings. The number of carbonyl (C=O) groups is 1. The predicted molar refractivity (Wildman–Crippen MR) is 60.0 cm³/mol. The average Bonchev–Trinajstić information content (AvgIpc) is 2.08. The van der Waals surface area contributed by atoms with Crippen molar-refractivity contribution < 1.29 is 4.79 Å². The van der Waals surface area contributed by atoms with Crippen molar-refractivity contribution in [3.8, 4) is 0 Å². The van der Waals surface area contributed by atoms with Gasteiger partial charge in [-0.2, -0.15) is 0 Å². The van der Waals surface area contributed by atoms with Gasteiger partial charge >= 0.3 is 0 Å². The third kappa shape index (κ3) is 2.46. The van der Waals surface area contributed by atoms with E-state index in [1.807, 2.05) is 13.8 Å². The minimum Gasteiger partial charge on any atom is -0.294 e. The minimum absolute atomic E-state index is 0.0810. The maximum absolute atomic E-state index is 11.7. The van der Waals surface area contributed by atoms with Crippen molar-refractivity contribution in [1.29, 1.82) is 0 Å². The normalized spacial score (nSPS) is 9.93. The molecule has 0 saturated heterocycles. The fraction of sp³-hybridized carbons (Fsp3) is 0.250.